The van der Waals surface area contributed by atoms with Crippen LogP contribution in [0, 0.1) is 0 Å². The van der Waals surface area contributed by atoms with E-state index in [1.165, 1.54) is 12.5 Å². The summed E-state index contributed by atoms with van der Waals surface area (Å²) in [5, 5.41) is 0. The van der Waals surface area contributed by atoms with Gasteiger partial charge in [-0.2, -0.15) is 0 Å². The van der Waals surface area contributed by atoms with E-state index in [4.69, 9.17) is 9.15 Å². The third kappa shape index (κ3) is 3.60. The van der Waals surface area contributed by atoms with E-state index in [0.717, 1.165) is 12.8 Å². The van der Waals surface area contributed by atoms with Crippen LogP contribution in [0.3, 0.4) is 0 Å². The van der Waals surface area contributed by atoms with E-state index in [9.17, 15) is 4.79 Å². The molecule has 0 atom stereocenters. The average molecular weight is 180 g/mol. The van der Waals surface area contributed by atoms with Crippen molar-refractivity contribution in [3.63, 3.8) is 0 Å². The molecule has 0 N–H and O–H groups in total. The first kappa shape index (κ1) is 9.58. The lowest BCUT2D eigenvalue weighted by Gasteiger charge is -1.98. The molecule has 1 heterocycles. The fourth-order valence-corrected chi connectivity index (χ4v) is 0.883. The van der Waals surface area contributed by atoms with Crippen LogP contribution in [-0.2, 0) is 4.79 Å². The molecule has 3 nitrogen and oxygen atoms in total. The van der Waals surface area contributed by atoms with E-state index in [1.54, 1.807) is 12.1 Å². The van der Waals surface area contributed by atoms with E-state index >= 15 is 0 Å². The molecule has 0 amide bonds. The minimum absolute atomic E-state index is 0.233. The summed E-state index contributed by atoms with van der Waals surface area (Å²) in [4.78, 5) is 11.1. The Morgan fingerprint density at radius 1 is 1.69 bits per heavy atom. The minimum atomic E-state index is -0.233. The number of furan rings is 1. The number of rotatable bonds is 5. The summed E-state index contributed by atoms with van der Waals surface area (Å²) in [5.74, 6) is 0.229. The van der Waals surface area contributed by atoms with Crippen LogP contribution in [0.5, 0.6) is 5.75 Å². The van der Waals surface area contributed by atoms with Crippen molar-refractivity contribution in [3.8, 4) is 5.75 Å². The number of hydrogen-bond acceptors (Lipinski definition) is 3. The normalized spacial score (nSPS) is 9.54. The summed E-state index contributed by atoms with van der Waals surface area (Å²) in [6.07, 6.45) is 6.67. The summed E-state index contributed by atoms with van der Waals surface area (Å²) >= 11 is 0. The van der Waals surface area contributed by atoms with Crippen LogP contribution < -0.4 is 4.74 Å². The van der Waals surface area contributed by atoms with Crippen molar-refractivity contribution in [1.29, 1.82) is 0 Å². The monoisotopic (exact) mass is 180 g/mol. The number of carbonyl (C=O) groups excluding carboxylic acids is 1. The standard InChI is InChI=1S/C10H12O3/c1-2-3-4-5-10(11)13-9-6-7-12-8-9/h2,6-8H,1,3-5H2. The summed E-state index contributed by atoms with van der Waals surface area (Å²) < 4.78 is 9.68. The van der Waals surface area contributed by atoms with Gasteiger partial charge in [-0.1, -0.05) is 6.08 Å². The van der Waals surface area contributed by atoms with Gasteiger partial charge in [-0.3, -0.25) is 4.79 Å². The molecule has 0 fully saturated rings. The molecule has 0 aliphatic carbocycles. The number of unbranched alkanes of at least 4 members (excludes halogenated alkanes) is 1. The van der Waals surface area contributed by atoms with Crippen molar-refractivity contribution >= 4 is 5.97 Å². The van der Waals surface area contributed by atoms with Gasteiger partial charge >= 0.3 is 5.97 Å². The summed E-state index contributed by atoms with van der Waals surface area (Å²) in [6, 6.07) is 1.60. The van der Waals surface area contributed by atoms with Gasteiger partial charge in [-0.05, 0) is 12.8 Å². The molecule has 0 bridgehead atoms. The maximum atomic E-state index is 11.1. The maximum absolute atomic E-state index is 11.1. The summed E-state index contributed by atoms with van der Waals surface area (Å²) in [5.41, 5.74) is 0. The first-order valence-electron chi connectivity index (χ1n) is 4.16. The Balaban J connectivity index is 2.22. The quantitative estimate of drug-likeness (QED) is 0.397. The molecule has 13 heavy (non-hydrogen) atoms. The van der Waals surface area contributed by atoms with Crippen molar-refractivity contribution in [1.82, 2.24) is 0 Å². The third-order valence-electron chi connectivity index (χ3n) is 1.52. The lowest BCUT2D eigenvalue weighted by atomic mass is 10.2. The zero-order chi connectivity index (χ0) is 9.52. The van der Waals surface area contributed by atoms with E-state index < -0.39 is 0 Å². The number of ether oxygens (including phenoxy) is 1. The Bertz CT molecular complexity index is 262. The van der Waals surface area contributed by atoms with Gasteiger partial charge in [0.15, 0.2) is 5.75 Å². The SMILES string of the molecule is C=CCCCC(=O)Oc1ccoc1. The van der Waals surface area contributed by atoms with Gasteiger partial charge in [-0.25, -0.2) is 0 Å². The van der Waals surface area contributed by atoms with Crippen LogP contribution in [0.25, 0.3) is 0 Å². The predicted octanol–water partition coefficient (Wildman–Crippen LogP) is 2.54. The van der Waals surface area contributed by atoms with Gasteiger partial charge in [0.05, 0.1) is 6.26 Å². The first-order chi connectivity index (χ1) is 6.33. The molecule has 70 valence electrons. The molecule has 1 rings (SSSR count). The fraction of sp³-hybridized carbons (Fsp3) is 0.300. The highest BCUT2D eigenvalue weighted by atomic mass is 16.5. The molecule has 0 unspecified atom stereocenters. The Labute approximate surface area is 77.0 Å². The van der Waals surface area contributed by atoms with Gasteiger partial charge in [0, 0.05) is 12.5 Å². The molecule has 0 aliphatic rings. The largest absolute Gasteiger partial charge is 0.469 e. The maximum Gasteiger partial charge on any atom is 0.311 e. The molecule has 1 aromatic rings. The van der Waals surface area contributed by atoms with E-state index in [2.05, 4.69) is 6.58 Å². The smallest absolute Gasteiger partial charge is 0.311 e. The van der Waals surface area contributed by atoms with Crippen molar-refractivity contribution in [2.75, 3.05) is 0 Å². The zero-order valence-electron chi connectivity index (χ0n) is 7.36. The van der Waals surface area contributed by atoms with Crippen LogP contribution in [0.2, 0.25) is 0 Å². The Morgan fingerprint density at radius 3 is 3.15 bits per heavy atom. The van der Waals surface area contributed by atoms with Crippen molar-refractivity contribution in [2.45, 2.75) is 19.3 Å². The molecule has 3 heteroatoms. The van der Waals surface area contributed by atoms with Crippen LogP contribution >= 0.6 is 0 Å². The number of esters is 1. The second kappa shape index (κ2) is 5.19. The Kier molecular flexibility index (Phi) is 3.82. The van der Waals surface area contributed by atoms with Gasteiger partial charge in [0.2, 0.25) is 0 Å². The number of allylic oxidation sites excluding steroid dienone is 1. The molecule has 0 radical (unpaired) electrons. The van der Waals surface area contributed by atoms with E-state index in [1.807, 2.05) is 0 Å². The highest BCUT2D eigenvalue weighted by Crippen LogP contribution is 2.11. The van der Waals surface area contributed by atoms with Crippen LogP contribution in [0.4, 0.5) is 0 Å². The van der Waals surface area contributed by atoms with Gasteiger partial charge < -0.3 is 9.15 Å². The predicted molar refractivity (Wildman–Crippen MR) is 48.4 cm³/mol. The highest BCUT2D eigenvalue weighted by Gasteiger charge is 2.04. The first-order valence-corrected chi connectivity index (χ1v) is 4.16. The van der Waals surface area contributed by atoms with Crippen molar-refractivity contribution < 1.29 is 13.9 Å². The van der Waals surface area contributed by atoms with Crippen molar-refractivity contribution in [3.05, 3.63) is 31.2 Å². The van der Waals surface area contributed by atoms with Crippen LogP contribution in [0.1, 0.15) is 19.3 Å². The summed E-state index contributed by atoms with van der Waals surface area (Å²) in [6.45, 7) is 3.57. The van der Waals surface area contributed by atoms with Gasteiger partial charge in [-0.15, -0.1) is 6.58 Å². The highest BCUT2D eigenvalue weighted by molar-refractivity contribution is 5.72. The molecule has 0 saturated carbocycles. The second-order valence-corrected chi connectivity index (χ2v) is 2.61. The van der Waals surface area contributed by atoms with Gasteiger partial charge in [0.1, 0.15) is 6.26 Å². The van der Waals surface area contributed by atoms with Crippen LogP contribution in [0.15, 0.2) is 35.7 Å². The molecule has 0 spiro atoms. The third-order valence-corrected chi connectivity index (χ3v) is 1.52. The molecule has 0 aromatic carbocycles. The summed E-state index contributed by atoms with van der Waals surface area (Å²) in [7, 11) is 0. The molecular weight excluding hydrogens is 168 g/mol. The van der Waals surface area contributed by atoms with E-state index in [0.29, 0.717) is 12.2 Å². The lowest BCUT2D eigenvalue weighted by Crippen LogP contribution is -2.06. The average Bonchev–Trinajstić information content (AvgIpc) is 2.57. The Hall–Kier alpha value is -1.51. The van der Waals surface area contributed by atoms with Gasteiger partial charge in [0.25, 0.3) is 0 Å². The Morgan fingerprint density at radius 2 is 2.54 bits per heavy atom. The van der Waals surface area contributed by atoms with E-state index in [-0.39, 0.29) is 5.97 Å². The molecule has 0 aliphatic heterocycles. The molecule has 1 aromatic heterocycles. The minimum Gasteiger partial charge on any atom is -0.469 e. The lowest BCUT2D eigenvalue weighted by molar-refractivity contribution is -0.134. The number of carbonyl (C=O) groups is 1. The molecule has 0 saturated heterocycles. The van der Waals surface area contributed by atoms with Crippen molar-refractivity contribution in [2.24, 2.45) is 0 Å². The fourth-order valence-electron chi connectivity index (χ4n) is 0.883. The molecular formula is C10H12O3. The second-order valence-electron chi connectivity index (χ2n) is 2.61. The van der Waals surface area contributed by atoms with Crippen LogP contribution in [-0.4, -0.2) is 5.97 Å². The zero-order valence-corrected chi connectivity index (χ0v) is 7.36. The number of hydrogen-bond donors (Lipinski definition) is 0. The topological polar surface area (TPSA) is 39.4 Å².